The Hall–Kier alpha value is -3.90. The van der Waals surface area contributed by atoms with Crippen LogP contribution in [0.2, 0.25) is 0 Å². The van der Waals surface area contributed by atoms with Crippen molar-refractivity contribution in [3.8, 4) is 0 Å². The van der Waals surface area contributed by atoms with Crippen molar-refractivity contribution in [1.82, 2.24) is 15.2 Å². The standard InChI is InChI=1S/C30H31N3O3/c1-20(24-13-7-11-21-10-5-6-12-25(21)24)31-18-23-16-17-33(19-26(23)22-8-3-2-4-9-22)29(34)27-14-15-28(32-27)30(35)36/h2-15,20,23,26,31-32H,16-19H2,1H3,(H,35,36)/t20-,23?,26?/m1/s1. The summed E-state index contributed by atoms with van der Waals surface area (Å²) >= 11 is 0. The normalized spacial score (nSPS) is 18.8. The average Bonchev–Trinajstić information content (AvgIpc) is 3.42. The lowest BCUT2D eigenvalue weighted by molar-refractivity contribution is 0.0652. The molecule has 3 atom stereocenters. The predicted molar refractivity (Wildman–Crippen MR) is 141 cm³/mol. The number of carboxylic acids is 1. The molecule has 1 aliphatic rings. The molecule has 0 spiro atoms. The topological polar surface area (TPSA) is 85.4 Å². The number of aromatic nitrogens is 1. The van der Waals surface area contributed by atoms with Crippen molar-refractivity contribution in [2.24, 2.45) is 5.92 Å². The van der Waals surface area contributed by atoms with Gasteiger partial charge in [0, 0.05) is 25.0 Å². The number of carbonyl (C=O) groups excluding carboxylic acids is 1. The van der Waals surface area contributed by atoms with Crippen LogP contribution in [-0.2, 0) is 0 Å². The van der Waals surface area contributed by atoms with E-state index >= 15 is 0 Å². The maximum atomic E-state index is 13.2. The lowest BCUT2D eigenvalue weighted by atomic mass is 9.80. The van der Waals surface area contributed by atoms with Crippen molar-refractivity contribution < 1.29 is 14.7 Å². The number of amides is 1. The van der Waals surface area contributed by atoms with E-state index in [1.54, 1.807) is 6.07 Å². The fraction of sp³-hybridized carbons (Fsp3) is 0.267. The lowest BCUT2D eigenvalue weighted by Crippen LogP contribution is -2.45. The second kappa shape index (κ2) is 10.4. The minimum absolute atomic E-state index is 0.0273. The summed E-state index contributed by atoms with van der Waals surface area (Å²) in [5.74, 6) is -0.669. The minimum Gasteiger partial charge on any atom is -0.477 e. The van der Waals surface area contributed by atoms with Crippen LogP contribution in [0.1, 0.15) is 57.4 Å². The monoisotopic (exact) mass is 481 g/mol. The first kappa shape index (κ1) is 23.8. The third kappa shape index (κ3) is 4.90. The summed E-state index contributed by atoms with van der Waals surface area (Å²) in [6.45, 7) is 4.29. The summed E-state index contributed by atoms with van der Waals surface area (Å²) in [6.07, 6.45) is 0.868. The maximum Gasteiger partial charge on any atom is 0.352 e. The summed E-state index contributed by atoms with van der Waals surface area (Å²) in [6, 6.07) is 28.5. The first-order valence-corrected chi connectivity index (χ1v) is 12.5. The highest BCUT2D eigenvalue weighted by atomic mass is 16.4. The molecule has 4 aromatic rings. The Labute approximate surface area is 211 Å². The summed E-state index contributed by atoms with van der Waals surface area (Å²) in [4.78, 5) is 29.0. The molecule has 0 radical (unpaired) electrons. The third-order valence-corrected chi connectivity index (χ3v) is 7.39. The third-order valence-electron chi connectivity index (χ3n) is 7.39. The van der Waals surface area contributed by atoms with Gasteiger partial charge in [-0.2, -0.15) is 0 Å². The van der Waals surface area contributed by atoms with Gasteiger partial charge in [0.25, 0.3) is 5.91 Å². The number of benzene rings is 3. The Morgan fingerprint density at radius 2 is 1.69 bits per heavy atom. The molecule has 1 aliphatic heterocycles. The van der Waals surface area contributed by atoms with Crippen molar-refractivity contribution in [1.29, 1.82) is 0 Å². The van der Waals surface area contributed by atoms with Crippen LogP contribution in [0.4, 0.5) is 0 Å². The molecule has 1 aromatic heterocycles. The molecule has 2 heterocycles. The molecule has 0 aliphatic carbocycles. The molecule has 1 saturated heterocycles. The number of hydrogen-bond donors (Lipinski definition) is 3. The molecule has 2 unspecified atom stereocenters. The van der Waals surface area contributed by atoms with E-state index in [0.717, 1.165) is 13.0 Å². The summed E-state index contributed by atoms with van der Waals surface area (Å²) < 4.78 is 0. The fourth-order valence-corrected chi connectivity index (χ4v) is 5.39. The van der Waals surface area contributed by atoms with Gasteiger partial charge in [0.2, 0.25) is 0 Å². The molecule has 1 fully saturated rings. The molecule has 36 heavy (non-hydrogen) atoms. The zero-order chi connectivity index (χ0) is 25.1. The molecule has 0 bridgehead atoms. The van der Waals surface area contributed by atoms with E-state index in [2.05, 4.69) is 71.8 Å². The number of piperidine rings is 1. The van der Waals surface area contributed by atoms with Crippen LogP contribution in [0, 0.1) is 5.92 Å². The Bertz CT molecular complexity index is 1360. The number of nitrogens with zero attached hydrogens (tertiary/aromatic N) is 1. The molecule has 184 valence electrons. The maximum absolute atomic E-state index is 13.2. The van der Waals surface area contributed by atoms with Gasteiger partial charge >= 0.3 is 5.97 Å². The largest absolute Gasteiger partial charge is 0.477 e. The number of aromatic amines is 1. The Balaban J connectivity index is 1.32. The zero-order valence-electron chi connectivity index (χ0n) is 20.4. The first-order valence-electron chi connectivity index (χ1n) is 12.5. The predicted octanol–water partition coefficient (Wildman–Crippen LogP) is 5.46. The molecule has 3 N–H and O–H groups in total. The number of hydrogen-bond acceptors (Lipinski definition) is 3. The van der Waals surface area contributed by atoms with E-state index in [1.807, 2.05) is 23.1 Å². The van der Waals surface area contributed by atoms with Crippen LogP contribution in [-0.4, -0.2) is 46.5 Å². The van der Waals surface area contributed by atoms with Crippen molar-refractivity contribution in [2.75, 3.05) is 19.6 Å². The minimum atomic E-state index is -1.07. The fourth-order valence-electron chi connectivity index (χ4n) is 5.39. The molecule has 5 rings (SSSR count). The number of nitrogens with one attached hydrogen (secondary N) is 2. The van der Waals surface area contributed by atoms with Gasteiger partial charge in [0.15, 0.2) is 0 Å². The molecule has 3 aromatic carbocycles. The van der Waals surface area contributed by atoms with Crippen LogP contribution in [0.5, 0.6) is 0 Å². The quantitative estimate of drug-likeness (QED) is 0.327. The van der Waals surface area contributed by atoms with E-state index < -0.39 is 5.97 Å². The number of carbonyl (C=O) groups is 2. The molecular weight excluding hydrogens is 450 g/mol. The van der Waals surface area contributed by atoms with Crippen molar-refractivity contribution in [3.05, 3.63) is 107 Å². The van der Waals surface area contributed by atoms with Crippen LogP contribution in [0.25, 0.3) is 10.8 Å². The van der Waals surface area contributed by atoms with Gasteiger partial charge in [0.05, 0.1) is 0 Å². The van der Waals surface area contributed by atoms with Crippen molar-refractivity contribution >= 4 is 22.6 Å². The SMILES string of the molecule is C[C@@H](NCC1CCN(C(=O)c2ccc(C(=O)O)[nH]2)CC1c1ccccc1)c1cccc2ccccc12. The summed E-state index contributed by atoms with van der Waals surface area (Å²) in [5.41, 5.74) is 2.86. The Morgan fingerprint density at radius 3 is 2.47 bits per heavy atom. The second-order valence-corrected chi connectivity index (χ2v) is 9.61. The highest BCUT2D eigenvalue weighted by Crippen LogP contribution is 2.34. The highest BCUT2D eigenvalue weighted by molar-refractivity contribution is 5.95. The van der Waals surface area contributed by atoms with Gasteiger partial charge < -0.3 is 20.3 Å². The second-order valence-electron chi connectivity index (χ2n) is 9.61. The van der Waals surface area contributed by atoms with Gasteiger partial charge in [-0.1, -0.05) is 72.8 Å². The number of aromatic carboxylic acids is 1. The lowest BCUT2D eigenvalue weighted by Gasteiger charge is -2.39. The van der Waals surface area contributed by atoms with Gasteiger partial charge in [-0.3, -0.25) is 4.79 Å². The van der Waals surface area contributed by atoms with Crippen LogP contribution >= 0.6 is 0 Å². The van der Waals surface area contributed by atoms with Crippen LogP contribution in [0.3, 0.4) is 0 Å². The number of likely N-dealkylation sites (tertiary alicyclic amines) is 1. The van der Waals surface area contributed by atoms with Crippen molar-refractivity contribution in [2.45, 2.75) is 25.3 Å². The van der Waals surface area contributed by atoms with Crippen molar-refractivity contribution in [3.63, 3.8) is 0 Å². The van der Waals surface area contributed by atoms with Crippen LogP contribution in [0.15, 0.2) is 84.9 Å². The summed E-state index contributed by atoms with van der Waals surface area (Å²) in [7, 11) is 0. The summed E-state index contributed by atoms with van der Waals surface area (Å²) in [5, 5.41) is 15.5. The van der Waals surface area contributed by atoms with E-state index in [4.69, 9.17) is 0 Å². The average molecular weight is 482 g/mol. The van der Waals surface area contributed by atoms with E-state index in [0.29, 0.717) is 24.7 Å². The molecule has 1 amide bonds. The molecular formula is C30H31N3O3. The number of carboxylic acid groups (broad SMARTS) is 1. The Kier molecular flexibility index (Phi) is 6.87. The molecule has 6 nitrogen and oxygen atoms in total. The van der Waals surface area contributed by atoms with Gasteiger partial charge in [-0.25, -0.2) is 4.79 Å². The van der Waals surface area contributed by atoms with Gasteiger partial charge in [0.1, 0.15) is 11.4 Å². The smallest absolute Gasteiger partial charge is 0.352 e. The van der Waals surface area contributed by atoms with E-state index in [-0.39, 0.29) is 23.6 Å². The number of fused-ring (bicyclic) bond motifs is 1. The Morgan fingerprint density at radius 1 is 0.972 bits per heavy atom. The van der Waals surface area contributed by atoms with Gasteiger partial charge in [-0.15, -0.1) is 0 Å². The zero-order valence-corrected chi connectivity index (χ0v) is 20.4. The first-order chi connectivity index (χ1) is 17.5. The molecule has 0 saturated carbocycles. The molecule has 6 heteroatoms. The van der Waals surface area contributed by atoms with Crippen LogP contribution < -0.4 is 5.32 Å². The number of rotatable bonds is 7. The number of H-pyrrole nitrogens is 1. The van der Waals surface area contributed by atoms with E-state index in [1.165, 1.54) is 28.0 Å². The van der Waals surface area contributed by atoms with E-state index in [9.17, 15) is 14.7 Å². The van der Waals surface area contributed by atoms with Gasteiger partial charge in [-0.05, 0) is 59.8 Å². The highest BCUT2D eigenvalue weighted by Gasteiger charge is 2.33.